The molecule has 0 spiro atoms. The van der Waals surface area contributed by atoms with Crippen LogP contribution in [-0.4, -0.2) is 69.9 Å². The van der Waals surface area contributed by atoms with Gasteiger partial charge >= 0.3 is 0 Å². The number of carbonyl (C=O) groups excluding carboxylic acids is 1. The fourth-order valence-electron chi connectivity index (χ4n) is 2.46. The van der Waals surface area contributed by atoms with Crippen molar-refractivity contribution in [1.82, 2.24) is 20.0 Å². The van der Waals surface area contributed by atoms with E-state index in [1.54, 1.807) is 11.3 Å². The van der Waals surface area contributed by atoms with E-state index in [0.29, 0.717) is 6.04 Å². The Labute approximate surface area is 139 Å². The third-order valence-electron chi connectivity index (χ3n) is 4.07. The smallest absolute Gasteiger partial charge is 0.235 e. The number of thioether (sulfide) groups is 1. The van der Waals surface area contributed by atoms with Gasteiger partial charge in [-0.1, -0.05) is 30.0 Å². The zero-order valence-corrected chi connectivity index (χ0v) is 14.8. The van der Waals surface area contributed by atoms with Crippen molar-refractivity contribution < 1.29 is 4.79 Å². The second kappa shape index (κ2) is 7.14. The molecule has 2 aliphatic rings. The highest BCUT2D eigenvalue weighted by atomic mass is 32.2. The summed E-state index contributed by atoms with van der Waals surface area (Å²) >= 11 is 3.07. The number of carbonyl (C=O) groups is 1. The van der Waals surface area contributed by atoms with Gasteiger partial charge in [0.25, 0.3) is 0 Å². The Kier molecular flexibility index (Phi) is 5.20. The molecule has 1 aromatic heterocycles. The van der Waals surface area contributed by atoms with Crippen molar-refractivity contribution >= 4 is 34.1 Å². The fourth-order valence-corrected chi connectivity index (χ4v) is 4.52. The van der Waals surface area contributed by atoms with E-state index in [1.807, 2.05) is 11.8 Å². The van der Waals surface area contributed by atoms with E-state index in [9.17, 15) is 4.79 Å². The predicted octanol–water partition coefficient (Wildman–Crippen LogP) is 1.76. The standard InChI is InChI=1S/C14H23N5OS2/c1-3-18-6-8-19(9-7-18)12(20)10(2)21-14-17-16-13(22-14)15-11-4-5-11/h10-11H,3-9H2,1-2H3,(H,15,16)/t10-/m0/s1. The molecule has 1 aliphatic heterocycles. The molecule has 0 bridgehead atoms. The summed E-state index contributed by atoms with van der Waals surface area (Å²) in [6.07, 6.45) is 2.45. The minimum Gasteiger partial charge on any atom is -0.357 e. The molecule has 6 nitrogen and oxygen atoms in total. The zero-order chi connectivity index (χ0) is 15.5. The van der Waals surface area contributed by atoms with E-state index in [0.717, 1.165) is 42.2 Å². The highest BCUT2D eigenvalue weighted by Crippen LogP contribution is 2.32. The van der Waals surface area contributed by atoms with Crippen LogP contribution in [0.3, 0.4) is 0 Å². The molecule has 8 heteroatoms. The van der Waals surface area contributed by atoms with Crippen LogP contribution in [0.25, 0.3) is 0 Å². The van der Waals surface area contributed by atoms with Gasteiger partial charge in [0, 0.05) is 32.2 Å². The molecule has 122 valence electrons. The number of aromatic nitrogens is 2. The summed E-state index contributed by atoms with van der Waals surface area (Å²) in [5.41, 5.74) is 0. The number of anilines is 1. The van der Waals surface area contributed by atoms with Crippen LogP contribution < -0.4 is 5.32 Å². The Balaban J connectivity index is 1.49. The maximum absolute atomic E-state index is 12.5. The number of nitrogens with one attached hydrogen (secondary N) is 1. The van der Waals surface area contributed by atoms with Gasteiger partial charge in [-0.15, -0.1) is 10.2 Å². The Hall–Kier alpha value is -0.860. The van der Waals surface area contributed by atoms with Crippen molar-refractivity contribution in [3.8, 4) is 0 Å². The van der Waals surface area contributed by atoms with Crippen LogP contribution in [0.1, 0.15) is 26.7 Å². The predicted molar refractivity (Wildman–Crippen MR) is 90.6 cm³/mol. The van der Waals surface area contributed by atoms with Gasteiger partial charge in [0.1, 0.15) is 0 Å². The summed E-state index contributed by atoms with van der Waals surface area (Å²) in [6.45, 7) is 8.83. The molecular formula is C14H23N5OS2. The summed E-state index contributed by atoms with van der Waals surface area (Å²) in [6, 6.07) is 0.583. The van der Waals surface area contributed by atoms with E-state index in [2.05, 4.69) is 27.3 Å². The number of nitrogens with zero attached hydrogens (tertiary/aromatic N) is 4. The molecule has 1 aromatic rings. The summed E-state index contributed by atoms with van der Waals surface area (Å²) in [7, 11) is 0. The second-order valence-corrected chi connectivity index (χ2v) is 8.38. The minimum absolute atomic E-state index is 0.102. The first kappa shape index (κ1) is 16.0. The number of hydrogen-bond acceptors (Lipinski definition) is 7. The average molecular weight is 342 g/mol. The molecule has 22 heavy (non-hydrogen) atoms. The molecule has 2 heterocycles. The van der Waals surface area contributed by atoms with E-state index < -0.39 is 0 Å². The van der Waals surface area contributed by atoms with Gasteiger partial charge in [-0.2, -0.15) is 0 Å². The van der Waals surface area contributed by atoms with Crippen LogP contribution in [0.15, 0.2) is 4.34 Å². The first-order chi connectivity index (χ1) is 10.7. The highest BCUT2D eigenvalue weighted by Gasteiger charge is 2.26. The van der Waals surface area contributed by atoms with Gasteiger partial charge < -0.3 is 15.1 Å². The third-order valence-corrected chi connectivity index (χ3v) is 6.09. The van der Waals surface area contributed by atoms with Gasteiger partial charge in [0.05, 0.1) is 5.25 Å². The van der Waals surface area contributed by atoms with Crippen LogP contribution in [-0.2, 0) is 4.79 Å². The average Bonchev–Trinajstić information content (AvgIpc) is 3.25. The van der Waals surface area contributed by atoms with Crippen molar-refractivity contribution in [2.75, 3.05) is 38.0 Å². The molecule has 1 aliphatic carbocycles. The maximum atomic E-state index is 12.5. The fraction of sp³-hybridized carbons (Fsp3) is 0.786. The van der Waals surface area contributed by atoms with E-state index in [-0.39, 0.29) is 11.2 Å². The molecule has 1 atom stereocenters. The molecular weight excluding hydrogens is 318 g/mol. The lowest BCUT2D eigenvalue weighted by molar-refractivity contribution is -0.132. The number of hydrogen-bond donors (Lipinski definition) is 1. The molecule has 1 saturated carbocycles. The number of rotatable bonds is 6. The molecule has 1 saturated heterocycles. The number of piperazine rings is 1. The van der Waals surface area contributed by atoms with Gasteiger partial charge in [-0.25, -0.2) is 0 Å². The summed E-state index contributed by atoms with van der Waals surface area (Å²) in [5.74, 6) is 0.215. The zero-order valence-electron chi connectivity index (χ0n) is 13.1. The lowest BCUT2D eigenvalue weighted by Crippen LogP contribution is -2.50. The molecule has 0 radical (unpaired) electrons. The molecule has 1 amide bonds. The van der Waals surface area contributed by atoms with Gasteiger partial charge in [-0.3, -0.25) is 4.79 Å². The van der Waals surface area contributed by atoms with Crippen LogP contribution in [0, 0.1) is 0 Å². The SMILES string of the molecule is CCN1CCN(C(=O)[C@H](C)Sc2nnc(NC3CC3)s2)CC1. The summed E-state index contributed by atoms with van der Waals surface area (Å²) in [5, 5.41) is 12.4. The maximum Gasteiger partial charge on any atom is 0.235 e. The molecule has 3 rings (SSSR count). The van der Waals surface area contributed by atoms with Crippen molar-refractivity contribution in [3.05, 3.63) is 0 Å². The van der Waals surface area contributed by atoms with E-state index in [4.69, 9.17) is 0 Å². The lowest BCUT2D eigenvalue weighted by atomic mass is 10.3. The largest absolute Gasteiger partial charge is 0.357 e. The third kappa shape index (κ3) is 4.11. The van der Waals surface area contributed by atoms with Crippen molar-refractivity contribution in [3.63, 3.8) is 0 Å². The van der Waals surface area contributed by atoms with Gasteiger partial charge in [0.2, 0.25) is 11.0 Å². The number of amides is 1. The topological polar surface area (TPSA) is 61.4 Å². The van der Waals surface area contributed by atoms with Crippen molar-refractivity contribution in [2.24, 2.45) is 0 Å². The van der Waals surface area contributed by atoms with Crippen molar-refractivity contribution in [1.29, 1.82) is 0 Å². The monoisotopic (exact) mass is 341 g/mol. The summed E-state index contributed by atoms with van der Waals surface area (Å²) < 4.78 is 0.871. The first-order valence-corrected chi connectivity index (χ1v) is 9.63. The molecule has 2 fully saturated rings. The lowest BCUT2D eigenvalue weighted by Gasteiger charge is -2.35. The molecule has 1 N–H and O–H groups in total. The van der Waals surface area contributed by atoms with Crippen LogP contribution in [0.2, 0.25) is 0 Å². The Morgan fingerprint density at radius 3 is 2.73 bits per heavy atom. The Bertz CT molecular complexity index is 511. The van der Waals surface area contributed by atoms with Crippen LogP contribution in [0.5, 0.6) is 0 Å². The van der Waals surface area contributed by atoms with Crippen LogP contribution >= 0.6 is 23.1 Å². The molecule has 0 unspecified atom stereocenters. The van der Waals surface area contributed by atoms with E-state index >= 15 is 0 Å². The van der Waals surface area contributed by atoms with Gasteiger partial charge in [-0.05, 0) is 26.3 Å². The second-order valence-electron chi connectivity index (χ2n) is 5.81. The quantitative estimate of drug-likeness (QED) is 0.796. The van der Waals surface area contributed by atoms with Gasteiger partial charge in [0.15, 0.2) is 4.34 Å². The normalized spacial score (nSPS) is 20.9. The van der Waals surface area contributed by atoms with E-state index in [1.165, 1.54) is 24.6 Å². The van der Waals surface area contributed by atoms with Crippen LogP contribution in [0.4, 0.5) is 5.13 Å². The molecule has 0 aromatic carbocycles. The summed E-state index contributed by atoms with van der Waals surface area (Å²) in [4.78, 5) is 16.9. The Morgan fingerprint density at radius 2 is 2.09 bits per heavy atom. The van der Waals surface area contributed by atoms with Crippen molar-refractivity contribution in [2.45, 2.75) is 42.3 Å². The first-order valence-electron chi connectivity index (χ1n) is 7.93. The highest BCUT2D eigenvalue weighted by molar-refractivity contribution is 8.02. The minimum atomic E-state index is -0.102. The Morgan fingerprint density at radius 1 is 1.36 bits per heavy atom. The number of likely N-dealkylation sites (N-methyl/N-ethyl adjacent to an activating group) is 1.